The first-order valence-corrected chi connectivity index (χ1v) is 9.50. The highest BCUT2D eigenvalue weighted by Gasteiger charge is 2.15. The average molecular weight is 384 g/mol. The van der Waals surface area contributed by atoms with Crippen molar-refractivity contribution in [2.24, 2.45) is 0 Å². The van der Waals surface area contributed by atoms with Gasteiger partial charge in [0.2, 0.25) is 0 Å². The number of halogens is 1. The van der Waals surface area contributed by atoms with Crippen LogP contribution in [-0.4, -0.2) is 42.9 Å². The molecule has 0 radical (unpaired) electrons. The van der Waals surface area contributed by atoms with Crippen molar-refractivity contribution in [3.05, 3.63) is 59.4 Å². The van der Waals surface area contributed by atoms with Gasteiger partial charge in [-0.3, -0.25) is 9.59 Å². The Hall–Kier alpha value is -2.93. The molecule has 7 heteroatoms. The summed E-state index contributed by atoms with van der Waals surface area (Å²) in [4.78, 5) is 27.0. The Bertz CT molecular complexity index is 850. The van der Waals surface area contributed by atoms with Crippen molar-refractivity contribution < 1.29 is 14.0 Å². The summed E-state index contributed by atoms with van der Waals surface area (Å²) >= 11 is 0. The molecule has 0 bridgehead atoms. The van der Waals surface area contributed by atoms with Gasteiger partial charge >= 0.3 is 0 Å². The molecule has 2 aromatic rings. The highest BCUT2D eigenvalue weighted by molar-refractivity contribution is 6.08. The molecule has 1 saturated heterocycles. The largest absolute Gasteiger partial charge is 0.398 e. The summed E-state index contributed by atoms with van der Waals surface area (Å²) in [5.74, 6) is -1.29. The molecule has 0 spiro atoms. The number of amides is 2. The summed E-state index contributed by atoms with van der Waals surface area (Å²) in [6, 6.07) is 10.4. The lowest BCUT2D eigenvalue weighted by atomic mass is 10.1. The maximum absolute atomic E-state index is 13.7. The van der Waals surface area contributed by atoms with Gasteiger partial charge < -0.3 is 21.3 Å². The van der Waals surface area contributed by atoms with Gasteiger partial charge in [-0.05, 0) is 56.3 Å². The fourth-order valence-corrected chi connectivity index (χ4v) is 3.28. The Labute approximate surface area is 163 Å². The summed E-state index contributed by atoms with van der Waals surface area (Å²) in [6.07, 6.45) is 3.70. The Morgan fingerprint density at radius 3 is 2.50 bits per heavy atom. The second kappa shape index (κ2) is 9.32. The molecule has 0 aliphatic carbocycles. The van der Waals surface area contributed by atoms with Crippen molar-refractivity contribution in [1.82, 2.24) is 10.2 Å². The van der Waals surface area contributed by atoms with Crippen LogP contribution < -0.4 is 16.4 Å². The summed E-state index contributed by atoms with van der Waals surface area (Å²) in [7, 11) is 0. The zero-order valence-corrected chi connectivity index (χ0v) is 15.7. The number of nitrogen functional groups attached to an aromatic ring is 1. The molecule has 6 nitrogen and oxygen atoms in total. The van der Waals surface area contributed by atoms with Crippen LogP contribution in [0.4, 0.5) is 15.8 Å². The molecule has 2 amide bonds. The summed E-state index contributed by atoms with van der Waals surface area (Å²) in [6.45, 7) is 3.54. The topological polar surface area (TPSA) is 87.5 Å². The lowest BCUT2D eigenvalue weighted by molar-refractivity contribution is 0.0945. The molecule has 1 heterocycles. The first-order valence-electron chi connectivity index (χ1n) is 9.50. The van der Waals surface area contributed by atoms with Gasteiger partial charge in [-0.1, -0.05) is 18.6 Å². The summed E-state index contributed by atoms with van der Waals surface area (Å²) < 4.78 is 13.7. The Balaban J connectivity index is 1.57. The first kappa shape index (κ1) is 19.8. The normalized spacial score (nSPS) is 14.5. The molecule has 0 aromatic heterocycles. The number of carbonyl (C=O) groups excluding carboxylic acids is 2. The van der Waals surface area contributed by atoms with Crippen LogP contribution in [0.3, 0.4) is 0 Å². The Kier molecular flexibility index (Phi) is 6.60. The SMILES string of the molecule is Nc1cc(C(=O)NCCN2CCCCC2)ccc1C(=O)Nc1ccccc1F. The van der Waals surface area contributed by atoms with Crippen LogP contribution in [0.2, 0.25) is 0 Å². The molecule has 3 rings (SSSR count). The van der Waals surface area contributed by atoms with E-state index >= 15 is 0 Å². The molecule has 1 aliphatic rings. The number of nitrogens with one attached hydrogen (secondary N) is 2. The third-order valence-electron chi connectivity index (χ3n) is 4.84. The Morgan fingerprint density at radius 2 is 1.79 bits per heavy atom. The molecule has 1 aliphatic heterocycles. The van der Waals surface area contributed by atoms with Gasteiger partial charge in [-0.15, -0.1) is 0 Å². The second-order valence-corrected chi connectivity index (χ2v) is 6.89. The van der Waals surface area contributed by atoms with Crippen LogP contribution in [0.15, 0.2) is 42.5 Å². The van der Waals surface area contributed by atoms with E-state index in [1.807, 2.05) is 0 Å². The van der Waals surface area contributed by atoms with Crippen LogP contribution in [0.5, 0.6) is 0 Å². The van der Waals surface area contributed by atoms with Crippen molar-refractivity contribution >= 4 is 23.2 Å². The lowest BCUT2D eigenvalue weighted by Crippen LogP contribution is -2.37. The number of para-hydroxylation sites is 1. The van der Waals surface area contributed by atoms with E-state index in [0.29, 0.717) is 12.1 Å². The number of nitrogens with zero attached hydrogens (tertiary/aromatic N) is 1. The van der Waals surface area contributed by atoms with E-state index in [-0.39, 0.29) is 22.8 Å². The van der Waals surface area contributed by atoms with E-state index in [1.54, 1.807) is 12.1 Å². The molecule has 0 atom stereocenters. The fourth-order valence-electron chi connectivity index (χ4n) is 3.28. The van der Waals surface area contributed by atoms with Gasteiger partial charge in [0.15, 0.2) is 0 Å². The maximum atomic E-state index is 13.7. The average Bonchev–Trinajstić information content (AvgIpc) is 2.70. The summed E-state index contributed by atoms with van der Waals surface area (Å²) in [5, 5.41) is 5.37. The van der Waals surface area contributed by atoms with Gasteiger partial charge in [0.05, 0.1) is 11.3 Å². The van der Waals surface area contributed by atoms with Crippen LogP contribution in [0.25, 0.3) is 0 Å². The number of hydrogen-bond acceptors (Lipinski definition) is 4. The molecule has 0 saturated carbocycles. The van der Waals surface area contributed by atoms with E-state index in [1.165, 1.54) is 49.6 Å². The van der Waals surface area contributed by atoms with Gasteiger partial charge in [0.25, 0.3) is 11.8 Å². The predicted octanol–water partition coefficient (Wildman–Crippen LogP) is 2.88. The number of benzene rings is 2. The van der Waals surface area contributed by atoms with Crippen molar-refractivity contribution in [2.75, 3.05) is 37.2 Å². The molecule has 2 aromatic carbocycles. The second-order valence-electron chi connectivity index (χ2n) is 6.89. The fraction of sp³-hybridized carbons (Fsp3) is 0.333. The highest BCUT2D eigenvalue weighted by atomic mass is 19.1. The number of carbonyl (C=O) groups is 2. The third kappa shape index (κ3) is 5.07. The standard InChI is InChI=1S/C21H25FN4O2/c22-17-6-2-3-7-19(17)25-21(28)16-9-8-15(14-18(16)23)20(27)24-10-13-26-11-4-1-5-12-26/h2-3,6-9,14H,1,4-5,10-13,23H2,(H,24,27)(H,25,28). The minimum atomic E-state index is -0.529. The minimum absolute atomic E-state index is 0.0754. The summed E-state index contributed by atoms with van der Waals surface area (Å²) in [5.41, 5.74) is 6.77. The van der Waals surface area contributed by atoms with E-state index < -0.39 is 11.7 Å². The molecule has 148 valence electrons. The zero-order chi connectivity index (χ0) is 19.9. The maximum Gasteiger partial charge on any atom is 0.257 e. The molecule has 28 heavy (non-hydrogen) atoms. The monoisotopic (exact) mass is 384 g/mol. The number of rotatable bonds is 6. The molecule has 0 unspecified atom stereocenters. The number of likely N-dealkylation sites (tertiary alicyclic amines) is 1. The highest BCUT2D eigenvalue weighted by Crippen LogP contribution is 2.18. The number of hydrogen-bond donors (Lipinski definition) is 3. The van der Waals surface area contributed by atoms with Crippen LogP contribution in [0.1, 0.15) is 40.0 Å². The predicted molar refractivity (Wildman–Crippen MR) is 108 cm³/mol. The molecular formula is C21H25FN4O2. The smallest absolute Gasteiger partial charge is 0.257 e. The van der Waals surface area contributed by atoms with E-state index in [4.69, 9.17) is 5.73 Å². The van der Waals surface area contributed by atoms with E-state index in [0.717, 1.165) is 19.6 Å². The van der Waals surface area contributed by atoms with Crippen LogP contribution >= 0.6 is 0 Å². The van der Waals surface area contributed by atoms with Crippen molar-refractivity contribution in [3.8, 4) is 0 Å². The third-order valence-corrected chi connectivity index (χ3v) is 4.84. The molecule has 4 N–H and O–H groups in total. The zero-order valence-electron chi connectivity index (χ0n) is 15.7. The number of piperidine rings is 1. The first-order chi connectivity index (χ1) is 13.5. The van der Waals surface area contributed by atoms with Gasteiger partial charge in [0, 0.05) is 24.3 Å². The van der Waals surface area contributed by atoms with Crippen molar-refractivity contribution in [1.29, 1.82) is 0 Å². The Morgan fingerprint density at radius 1 is 1.04 bits per heavy atom. The van der Waals surface area contributed by atoms with Crippen LogP contribution in [0, 0.1) is 5.82 Å². The van der Waals surface area contributed by atoms with Gasteiger partial charge in [-0.2, -0.15) is 0 Å². The molecule has 1 fully saturated rings. The van der Waals surface area contributed by atoms with Crippen LogP contribution in [-0.2, 0) is 0 Å². The quantitative estimate of drug-likeness (QED) is 0.669. The van der Waals surface area contributed by atoms with Crippen molar-refractivity contribution in [3.63, 3.8) is 0 Å². The molecular weight excluding hydrogens is 359 g/mol. The van der Waals surface area contributed by atoms with Gasteiger partial charge in [0.1, 0.15) is 5.82 Å². The minimum Gasteiger partial charge on any atom is -0.398 e. The lowest BCUT2D eigenvalue weighted by Gasteiger charge is -2.26. The van der Waals surface area contributed by atoms with Crippen molar-refractivity contribution in [2.45, 2.75) is 19.3 Å². The van der Waals surface area contributed by atoms with E-state index in [2.05, 4.69) is 15.5 Å². The number of anilines is 2. The van der Waals surface area contributed by atoms with Gasteiger partial charge in [-0.25, -0.2) is 4.39 Å². The van der Waals surface area contributed by atoms with E-state index in [9.17, 15) is 14.0 Å². The number of nitrogens with two attached hydrogens (primary N) is 1.